The quantitative estimate of drug-likeness (QED) is 0.843. The largest absolute Gasteiger partial charge is 0.493 e. The maximum absolute atomic E-state index is 12.8. The molecule has 0 fully saturated rings. The second-order valence-corrected chi connectivity index (χ2v) is 7.02. The molecule has 0 atom stereocenters. The fourth-order valence-corrected chi connectivity index (χ4v) is 3.06. The second kappa shape index (κ2) is 8.24. The number of carbonyl (C=O) groups excluding carboxylic acids is 1. The number of amides is 1. The topological polar surface area (TPSA) is 76.6 Å². The lowest BCUT2D eigenvalue weighted by Gasteiger charge is -2.29. The number of benzene rings is 1. The molecule has 1 amide bonds. The van der Waals surface area contributed by atoms with E-state index in [-0.39, 0.29) is 5.91 Å². The zero-order chi connectivity index (χ0) is 19.4. The fourth-order valence-electron chi connectivity index (χ4n) is 3.06. The van der Waals surface area contributed by atoms with E-state index in [1.54, 1.807) is 26.6 Å². The zero-order valence-electron chi connectivity index (χ0n) is 16.3. The summed E-state index contributed by atoms with van der Waals surface area (Å²) in [6.45, 7) is 6.20. The molecular formula is C20H26N4O3. The van der Waals surface area contributed by atoms with Crippen LogP contribution in [0.1, 0.15) is 35.3 Å². The first-order valence-electron chi connectivity index (χ1n) is 9.10. The van der Waals surface area contributed by atoms with Gasteiger partial charge in [-0.05, 0) is 35.6 Å². The highest BCUT2D eigenvalue weighted by atomic mass is 16.5. The van der Waals surface area contributed by atoms with Crippen LogP contribution in [0.15, 0.2) is 24.5 Å². The number of anilines is 1. The Morgan fingerprint density at radius 1 is 1.15 bits per heavy atom. The van der Waals surface area contributed by atoms with Gasteiger partial charge in [-0.15, -0.1) is 0 Å². The number of rotatable bonds is 6. The van der Waals surface area contributed by atoms with Crippen molar-refractivity contribution in [3.8, 4) is 11.5 Å². The van der Waals surface area contributed by atoms with Crippen LogP contribution in [0.25, 0.3) is 0 Å². The van der Waals surface area contributed by atoms with Gasteiger partial charge in [-0.2, -0.15) is 0 Å². The smallest absolute Gasteiger partial charge is 0.257 e. The third kappa shape index (κ3) is 4.30. The van der Waals surface area contributed by atoms with Gasteiger partial charge in [0, 0.05) is 32.0 Å². The van der Waals surface area contributed by atoms with Gasteiger partial charge in [0.15, 0.2) is 11.5 Å². The molecule has 0 unspecified atom stereocenters. The Balaban J connectivity index is 1.72. The van der Waals surface area contributed by atoms with E-state index in [0.29, 0.717) is 42.0 Å². The average Bonchev–Trinajstić information content (AvgIpc) is 2.70. The van der Waals surface area contributed by atoms with Gasteiger partial charge >= 0.3 is 0 Å². The molecule has 1 aromatic carbocycles. The molecule has 3 rings (SSSR count). The van der Waals surface area contributed by atoms with Gasteiger partial charge in [-0.3, -0.25) is 4.79 Å². The van der Waals surface area contributed by atoms with E-state index in [1.807, 2.05) is 17.0 Å². The van der Waals surface area contributed by atoms with Gasteiger partial charge in [0.1, 0.15) is 0 Å². The summed E-state index contributed by atoms with van der Waals surface area (Å²) < 4.78 is 10.7. The molecule has 0 bridgehead atoms. The SMILES string of the molecule is COc1cc2c(cc1OC)CN(C(=O)c1cnc(NCC(C)C)nc1)CC2. The highest BCUT2D eigenvalue weighted by Gasteiger charge is 2.24. The third-order valence-corrected chi connectivity index (χ3v) is 4.57. The summed E-state index contributed by atoms with van der Waals surface area (Å²) >= 11 is 0. The number of nitrogens with zero attached hydrogens (tertiary/aromatic N) is 3. The number of hydrogen-bond donors (Lipinski definition) is 1. The fraction of sp³-hybridized carbons (Fsp3) is 0.450. The zero-order valence-corrected chi connectivity index (χ0v) is 16.3. The molecule has 0 spiro atoms. The van der Waals surface area contributed by atoms with Crippen molar-refractivity contribution in [1.82, 2.24) is 14.9 Å². The first-order valence-corrected chi connectivity index (χ1v) is 9.10. The molecular weight excluding hydrogens is 344 g/mol. The average molecular weight is 370 g/mol. The summed E-state index contributed by atoms with van der Waals surface area (Å²) in [6, 6.07) is 3.94. The van der Waals surface area contributed by atoms with Crippen molar-refractivity contribution in [3.63, 3.8) is 0 Å². The third-order valence-electron chi connectivity index (χ3n) is 4.57. The summed E-state index contributed by atoms with van der Waals surface area (Å²) in [4.78, 5) is 23.2. The van der Waals surface area contributed by atoms with Crippen molar-refractivity contribution in [2.24, 2.45) is 5.92 Å². The Bertz CT molecular complexity index is 806. The molecule has 7 heteroatoms. The van der Waals surface area contributed by atoms with E-state index in [4.69, 9.17) is 9.47 Å². The van der Waals surface area contributed by atoms with Crippen LogP contribution in [-0.2, 0) is 13.0 Å². The van der Waals surface area contributed by atoms with E-state index >= 15 is 0 Å². The molecule has 27 heavy (non-hydrogen) atoms. The Hall–Kier alpha value is -2.83. The van der Waals surface area contributed by atoms with Crippen molar-refractivity contribution < 1.29 is 14.3 Å². The number of carbonyl (C=O) groups is 1. The van der Waals surface area contributed by atoms with Gasteiger partial charge in [0.05, 0.1) is 19.8 Å². The number of fused-ring (bicyclic) bond motifs is 1. The van der Waals surface area contributed by atoms with Crippen LogP contribution in [-0.4, -0.2) is 48.1 Å². The maximum Gasteiger partial charge on any atom is 0.257 e. The van der Waals surface area contributed by atoms with Crippen molar-refractivity contribution in [2.75, 3.05) is 32.6 Å². The molecule has 144 valence electrons. The highest BCUT2D eigenvalue weighted by Crippen LogP contribution is 2.33. The standard InChI is InChI=1S/C20H26N4O3/c1-13(2)9-21-20-22-10-16(11-23-20)19(25)24-6-5-14-7-17(26-3)18(27-4)8-15(14)12-24/h7-8,10-11,13H,5-6,9,12H2,1-4H3,(H,21,22,23). The van der Waals surface area contributed by atoms with Gasteiger partial charge in [0.25, 0.3) is 5.91 Å². The van der Waals surface area contributed by atoms with Crippen LogP contribution in [0.4, 0.5) is 5.95 Å². The summed E-state index contributed by atoms with van der Waals surface area (Å²) in [5.74, 6) is 2.37. The Labute approximate surface area is 159 Å². The predicted molar refractivity (Wildman–Crippen MR) is 103 cm³/mol. The minimum atomic E-state index is -0.0640. The molecule has 1 aliphatic rings. The molecule has 0 radical (unpaired) electrons. The van der Waals surface area contributed by atoms with Crippen molar-refractivity contribution in [2.45, 2.75) is 26.8 Å². The van der Waals surface area contributed by atoms with Crippen LogP contribution in [0.3, 0.4) is 0 Å². The highest BCUT2D eigenvalue weighted by molar-refractivity contribution is 5.93. The molecule has 1 aliphatic heterocycles. The number of hydrogen-bond acceptors (Lipinski definition) is 6. The maximum atomic E-state index is 12.8. The lowest BCUT2D eigenvalue weighted by Crippen LogP contribution is -2.36. The Morgan fingerprint density at radius 2 is 1.78 bits per heavy atom. The van der Waals surface area contributed by atoms with E-state index < -0.39 is 0 Å². The van der Waals surface area contributed by atoms with Crippen LogP contribution >= 0.6 is 0 Å². The van der Waals surface area contributed by atoms with E-state index in [0.717, 1.165) is 18.5 Å². The summed E-state index contributed by atoms with van der Waals surface area (Å²) in [5, 5.41) is 3.15. The molecule has 1 N–H and O–H groups in total. The minimum absolute atomic E-state index is 0.0640. The lowest BCUT2D eigenvalue weighted by atomic mass is 9.98. The van der Waals surface area contributed by atoms with Crippen LogP contribution < -0.4 is 14.8 Å². The summed E-state index contributed by atoms with van der Waals surface area (Å²) in [6.07, 6.45) is 3.94. The van der Waals surface area contributed by atoms with Gasteiger partial charge in [0.2, 0.25) is 5.95 Å². The first-order chi connectivity index (χ1) is 13.0. The van der Waals surface area contributed by atoms with Gasteiger partial charge in [-0.1, -0.05) is 13.8 Å². The molecule has 2 heterocycles. The second-order valence-electron chi connectivity index (χ2n) is 7.02. The van der Waals surface area contributed by atoms with Crippen molar-refractivity contribution in [3.05, 3.63) is 41.2 Å². The lowest BCUT2D eigenvalue weighted by molar-refractivity contribution is 0.0733. The van der Waals surface area contributed by atoms with E-state index in [2.05, 4.69) is 29.1 Å². The molecule has 2 aromatic rings. The molecule has 0 saturated carbocycles. The number of nitrogens with one attached hydrogen (secondary N) is 1. The molecule has 0 aliphatic carbocycles. The number of methoxy groups -OCH3 is 2. The van der Waals surface area contributed by atoms with Gasteiger partial charge < -0.3 is 19.7 Å². The monoisotopic (exact) mass is 370 g/mol. The molecule has 7 nitrogen and oxygen atoms in total. The first kappa shape index (κ1) is 18.9. The van der Waals surface area contributed by atoms with Crippen molar-refractivity contribution in [1.29, 1.82) is 0 Å². The normalized spacial score (nSPS) is 13.3. The molecule has 0 saturated heterocycles. The van der Waals surface area contributed by atoms with Crippen molar-refractivity contribution >= 4 is 11.9 Å². The summed E-state index contributed by atoms with van der Waals surface area (Å²) in [5.41, 5.74) is 2.75. The Kier molecular flexibility index (Phi) is 5.78. The Morgan fingerprint density at radius 3 is 2.37 bits per heavy atom. The van der Waals surface area contributed by atoms with E-state index in [1.165, 1.54) is 5.56 Å². The van der Waals surface area contributed by atoms with Crippen LogP contribution in [0, 0.1) is 5.92 Å². The van der Waals surface area contributed by atoms with Gasteiger partial charge in [-0.25, -0.2) is 9.97 Å². The van der Waals surface area contributed by atoms with Crippen LogP contribution in [0.5, 0.6) is 11.5 Å². The van der Waals surface area contributed by atoms with Crippen LogP contribution in [0.2, 0.25) is 0 Å². The number of aromatic nitrogens is 2. The number of ether oxygens (including phenoxy) is 2. The summed E-state index contributed by atoms with van der Waals surface area (Å²) in [7, 11) is 3.24. The van der Waals surface area contributed by atoms with E-state index in [9.17, 15) is 4.79 Å². The minimum Gasteiger partial charge on any atom is -0.493 e. The predicted octanol–water partition coefficient (Wildman–Crippen LogP) is 2.76. The molecule has 1 aromatic heterocycles.